The van der Waals surface area contributed by atoms with Gasteiger partial charge in [0.15, 0.2) is 5.84 Å². The first-order valence-corrected chi connectivity index (χ1v) is 5.74. The normalized spacial score (nSPS) is 11.8. The molecule has 2 aromatic rings. The van der Waals surface area contributed by atoms with E-state index in [-0.39, 0.29) is 5.84 Å². The van der Waals surface area contributed by atoms with Gasteiger partial charge in [0, 0.05) is 22.5 Å². The molecular formula is C12H13ClN4O. The lowest BCUT2D eigenvalue weighted by Gasteiger charge is -2.08. The topological polar surface area (TPSA) is 76.4 Å². The Hall–Kier alpha value is -2.01. The van der Waals surface area contributed by atoms with Crippen LogP contribution < -0.4 is 5.73 Å². The smallest absolute Gasteiger partial charge is 0.170 e. The van der Waals surface area contributed by atoms with Crippen LogP contribution in [0.2, 0.25) is 5.02 Å². The van der Waals surface area contributed by atoms with E-state index >= 15 is 0 Å². The molecule has 2 rings (SSSR count). The van der Waals surface area contributed by atoms with E-state index in [0.717, 1.165) is 11.3 Å². The number of halogens is 1. The maximum atomic E-state index is 8.60. The van der Waals surface area contributed by atoms with E-state index in [2.05, 4.69) is 10.3 Å². The molecule has 1 heterocycles. The van der Waals surface area contributed by atoms with Crippen LogP contribution in [0.1, 0.15) is 16.8 Å². The molecule has 0 aliphatic carbocycles. The summed E-state index contributed by atoms with van der Waals surface area (Å²) in [6.45, 7) is 2.57. The molecule has 5 nitrogen and oxygen atoms in total. The highest BCUT2D eigenvalue weighted by Crippen LogP contribution is 2.19. The van der Waals surface area contributed by atoms with Crippen molar-refractivity contribution in [2.24, 2.45) is 10.9 Å². The average Bonchev–Trinajstić information content (AvgIpc) is 2.76. The minimum Gasteiger partial charge on any atom is -0.409 e. The van der Waals surface area contributed by atoms with Gasteiger partial charge in [-0.15, -0.1) is 0 Å². The lowest BCUT2D eigenvalue weighted by atomic mass is 10.1. The van der Waals surface area contributed by atoms with Crippen LogP contribution in [0, 0.1) is 6.92 Å². The Balaban J connectivity index is 2.28. The molecular weight excluding hydrogens is 252 g/mol. The van der Waals surface area contributed by atoms with Crippen molar-refractivity contribution < 1.29 is 5.21 Å². The molecule has 6 heteroatoms. The first kappa shape index (κ1) is 12.4. The molecule has 94 valence electrons. The average molecular weight is 265 g/mol. The SMILES string of the molecule is Cc1ccnn1Cc1ccc(/C(N)=N/O)cc1Cl. The molecule has 0 aliphatic heterocycles. The fraction of sp³-hybridized carbons (Fsp3) is 0.167. The standard InChI is InChI=1S/C12H13ClN4O/c1-8-4-5-15-17(8)7-10-3-2-9(6-11(10)13)12(14)16-18/h2-6,18H,7H2,1H3,(H2,14,16). The molecule has 1 aromatic carbocycles. The number of hydrogen-bond donors (Lipinski definition) is 2. The van der Waals surface area contributed by atoms with Crippen LogP contribution in [0.5, 0.6) is 0 Å². The first-order valence-electron chi connectivity index (χ1n) is 5.36. The van der Waals surface area contributed by atoms with Crippen molar-refractivity contribution in [3.63, 3.8) is 0 Å². The van der Waals surface area contributed by atoms with Gasteiger partial charge in [-0.3, -0.25) is 4.68 Å². The van der Waals surface area contributed by atoms with Crippen molar-refractivity contribution in [3.8, 4) is 0 Å². The van der Waals surface area contributed by atoms with Gasteiger partial charge in [-0.2, -0.15) is 5.10 Å². The number of oxime groups is 1. The van der Waals surface area contributed by atoms with Crippen LogP contribution in [0.3, 0.4) is 0 Å². The van der Waals surface area contributed by atoms with Gasteiger partial charge in [0.2, 0.25) is 0 Å². The van der Waals surface area contributed by atoms with E-state index in [9.17, 15) is 0 Å². The van der Waals surface area contributed by atoms with Crippen molar-refractivity contribution >= 4 is 17.4 Å². The number of rotatable bonds is 3. The van der Waals surface area contributed by atoms with E-state index in [1.165, 1.54) is 0 Å². The molecule has 0 saturated heterocycles. The summed E-state index contributed by atoms with van der Waals surface area (Å²) in [5, 5.41) is 16.3. The third kappa shape index (κ3) is 2.46. The van der Waals surface area contributed by atoms with Gasteiger partial charge in [-0.1, -0.05) is 28.9 Å². The molecule has 0 bridgehead atoms. The van der Waals surface area contributed by atoms with E-state index in [1.54, 1.807) is 18.3 Å². The summed E-state index contributed by atoms with van der Waals surface area (Å²) < 4.78 is 1.85. The third-order valence-electron chi connectivity index (χ3n) is 2.71. The quantitative estimate of drug-likeness (QED) is 0.385. The second-order valence-corrected chi connectivity index (χ2v) is 4.33. The lowest BCUT2D eigenvalue weighted by molar-refractivity contribution is 0.318. The van der Waals surface area contributed by atoms with E-state index < -0.39 is 0 Å². The van der Waals surface area contributed by atoms with E-state index in [0.29, 0.717) is 17.1 Å². The second kappa shape index (κ2) is 5.10. The molecule has 0 radical (unpaired) electrons. The Labute approximate surface area is 109 Å². The summed E-state index contributed by atoms with van der Waals surface area (Å²) in [4.78, 5) is 0. The molecule has 1 aromatic heterocycles. The zero-order valence-corrected chi connectivity index (χ0v) is 10.6. The van der Waals surface area contributed by atoms with Crippen LogP contribution in [-0.2, 0) is 6.54 Å². The van der Waals surface area contributed by atoms with Gasteiger partial charge in [-0.05, 0) is 24.6 Å². The number of nitrogens with two attached hydrogens (primary N) is 1. The lowest BCUT2D eigenvalue weighted by Crippen LogP contribution is -2.13. The number of aromatic nitrogens is 2. The van der Waals surface area contributed by atoms with Gasteiger partial charge in [0.1, 0.15) is 0 Å². The third-order valence-corrected chi connectivity index (χ3v) is 3.06. The predicted molar refractivity (Wildman–Crippen MR) is 70.0 cm³/mol. The highest BCUT2D eigenvalue weighted by molar-refractivity contribution is 6.31. The minimum atomic E-state index is 0.0405. The number of nitrogens with zero attached hydrogens (tertiary/aromatic N) is 3. The molecule has 0 aliphatic rings. The van der Waals surface area contributed by atoms with Gasteiger partial charge >= 0.3 is 0 Å². The van der Waals surface area contributed by atoms with Gasteiger partial charge in [-0.25, -0.2) is 0 Å². The molecule has 0 spiro atoms. The van der Waals surface area contributed by atoms with Gasteiger partial charge < -0.3 is 10.9 Å². The maximum Gasteiger partial charge on any atom is 0.170 e. The summed E-state index contributed by atoms with van der Waals surface area (Å²) in [6.07, 6.45) is 1.74. The van der Waals surface area contributed by atoms with Crippen LogP contribution in [0.15, 0.2) is 35.6 Å². The maximum absolute atomic E-state index is 8.60. The summed E-state index contributed by atoms with van der Waals surface area (Å²) in [6, 6.07) is 7.20. The van der Waals surface area contributed by atoms with Crippen molar-refractivity contribution in [1.82, 2.24) is 9.78 Å². The van der Waals surface area contributed by atoms with Crippen LogP contribution >= 0.6 is 11.6 Å². The fourth-order valence-corrected chi connectivity index (χ4v) is 1.86. The Morgan fingerprint density at radius 2 is 2.28 bits per heavy atom. The molecule has 0 atom stereocenters. The van der Waals surface area contributed by atoms with Crippen molar-refractivity contribution in [2.75, 3.05) is 0 Å². The number of hydrogen-bond acceptors (Lipinski definition) is 3. The zero-order valence-electron chi connectivity index (χ0n) is 9.84. The highest BCUT2D eigenvalue weighted by atomic mass is 35.5. The van der Waals surface area contributed by atoms with Crippen LogP contribution in [0.25, 0.3) is 0 Å². The number of amidine groups is 1. The number of aryl methyl sites for hydroxylation is 1. The van der Waals surface area contributed by atoms with Crippen molar-refractivity contribution in [3.05, 3.63) is 52.3 Å². The first-order chi connectivity index (χ1) is 8.61. The Bertz CT molecular complexity index is 592. The zero-order chi connectivity index (χ0) is 13.1. The van der Waals surface area contributed by atoms with Crippen LogP contribution in [-0.4, -0.2) is 20.8 Å². The Morgan fingerprint density at radius 1 is 1.50 bits per heavy atom. The molecule has 0 fully saturated rings. The molecule has 0 amide bonds. The monoisotopic (exact) mass is 264 g/mol. The van der Waals surface area contributed by atoms with E-state index in [1.807, 2.05) is 23.7 Å². The van der Waals surface area contributed by atoms with Gasteiger partial charge in [0.05, 0.1) is 6.54 Å². The van der Waals surface area contributed by atoms with E-state index in [4.69, 9.17) is 22.5 Å². The van der Waals surface area contributed by atoms with Gasteiger partial charge in [0.25, 0.3) is 0 Å². The fourth-order valence-electron chi connectivity index (χ4n) is 1.62. The van der Waals surface area contributed by atoms with Crippen molar-refractivity contribution in [1.29, 1.82) is 0 Å². The molecule has 3 N–H and O–H groups in total. The summed E-state index contributed by atoms with van der Waals surface area (Å²) in [7, 11) is 0. The minimum absolute atomic E-state index is 0.0405. The van der Waals surface area contributed by atoms with Crippen molar-refractivity contribution in [2.45, 2.75) is 13.5 Å². The Kier molecular flexibility index (Phi) is 3.53. The summed E-state index contributed by atoms with van der Waals surface area (Å²) in [5.74, 6) is 0.0405. The van der Waals surface area contributed by atoms with Crippen LogP contribution in [0.4, 0.5) is 0 Å². The molecule has 0 saturated carbocycles. The molecule has 18 heavy (non-hydrogen) atoms. The summed E-state index contributed by atoms with van der Waals surface area (Å²) >= 11 is 6.17. The molecule has 0 unspecified atom stereocenters. The largest absolute Gasteiger partial charge is 0.409 e. The predicted octanol–water partition coefficient (Wildman–Crippen LogP) is 1.99. The Morgan fingerprint density at radius 3 is 2.83 bits per heavy atom. The highest BCUT2D eigenvalue weighted by Gasteiger charge is 2.07. The summed E-state index contributed by atoms with van der Waals surface area (Å²) in [5.41, 5.74) is 8.07. The second-order valence-electron chi connectivity index (χ2n) is 3.92. The number of benzene rings is 1.